The molecule has 0 aliphatic heterocycles. The van der Waals surface area contributed by atoms with Crippen LogP contribution in [0.1, 0.15) is 13.3 Å². The first-order valence-electron chi connectivity index (χ1n) is 6.18. The molecule has 0 radical (unpaired) electrons. The van der Waals surface area contributed by atoms with Gasteiger partial charge in [-0.1, -0.05) is 6.92 Å². The summed E-state index contributed by atoms with van der Waals surface area (Å²) in [5.74, 6) is -0.854. The molecule has 0 bridgehead atoms. The normalized spacial score (nSPS) is 11.7. The van der Waals surface area contributed by atoms with Gasteiger partial charge in [0.2, 0.25) is 5.91 Å². The summed E-state index contributed by atoms with van der Waals surface area (Å²) in [6.45, 7) is 2.56. The van der Waals surface area contributed by atoms with E-state index in [1.54, 1.807) is 6.07 Å². The van der Waals surface area contributed by atoms with Gasteiger partial charge in [-0.05, 0) is 12.5 Å². The Morgan fingerprint density at radius 3 is 2.50 bits per heavy atom. The molecule has 1 atom stereocenters. The van der Waals surface area contributed by atoms with Crippen molar-refractivity contribution in [2.24, 2.45) is 5.73 Å². The highest BCUT2D eigenvalue weighted by Crippen LogP contribution is 2.24. The molecule has 0 aromatic heterocycles. The summed E-state index contributed by atoms with van der Waals surface area (Å²) in [5.41, 5.74) is 5.87. The summed E-state index contributed by atoms with van der Waals surface area (Å²) in [4.78, 5) is 21.1. The number of carbonyl (C=O) groups excluding carboxylic acids is 1. The molecule has 1 aromatic carbocycles. The summed E-state index contributed by atoms with van der Waals surface area (Å²) in [7, 11) is 0. The van der Waals surface area contributed by atoms with E-state index in [0.717, 1.165) is 6.42 Å². The summed E-state index contributed by atoms with van der Waals surface area (Å²) >= 11 is 0. The van der Waals surface area contributed by atoms with Crippen molar-refractivity contribution in [1.29, 1.82) is 0 Å². The number of aliphatic hydroxyl groups excluding tert-OH is 1. The smallest absolute Gasteiger partial charge is 0.273 e. The van der Waals surface area contributed by atoms with Gasteiger partial charge in [0, 0.05) is 36.6 Å². The minimum atomic E-state index is -1.35. The lowest BCUT2D eigenvalue weighted by atomic mass is 10.2. The van der Waals surface area contributed by atoms with E-state index in [1.165, 1.54) is 12.1 Å². The minimum Gasteiger partial charge on any atom is -0.385 e. The lowest BCUT2D eigenvalue weighted by Crippen LogP contribution is -2.34. The van der Waals surface area contributed by atoms with E-state index >= 15 is 0 Å². The fourth-order valence-corrected chi connectivity index (χ4v) is 1.51. The monoisotopic (exact) mass is 282 g/mol. The number of non-ortho nitro benzene ring substituents is 1. The van der Waals surface area contributed by atoms with Crippen LogP contribution in [-0.4, -0.2) is 35.1 Å². The van der Waals surface area contributed by atoms with Gasteiger partial charge in [-0.2, -0.15) is 0 Å². The molecule has 8 nitrogen and oxygen atoms in total. The van der Waals surface area contributed by atoms with Crippen molar-refractivity contribution >= 4 is 23.0 Å². The number of nitrogens with one attached hydrogen (secondary N) is 2. The predicted octanol–water partition coefficient (Wildman–Crippen LogP) is 0.675. The molecule has 8 heteroatoms. The van der Waals surface area contributed by atoms with Crippen LogP contribution in [0.3, 0.4) is 0 Å². The number of nitro benzene ring substituents is 1. The first kappa shape index (κ1) is 15.7. The first-order chi connectivity index (χ1) is 9.43. The second kappa shape index (κ2) is 7.29. The molecule has 0 spiro atoms. The van der Waals surface area contributed by atoms with Crippen LogP contribution in [0.5, 0.6) is 0 Å². The molecule has 1 unspecified atom stereocenters. The molecule has 1 rings (SSSR count). The van der Waals surface area contributed by atoms with Crippen LogP contribution >= 0.6 is 0 Å². The van der Waals surface area contributed by atoms with Crippen molar-refractivity contribution in [3.8, 4) is 0 Å². The Bertz CT molecular complexity index is 492. The highest BCUT2D eigenvalue weighted by atomic mass is 16.6. The zero-order chi connectivity index (χ0) is 15.1. The molecule has 20 heavy (non-hydrogen) atoms. The van der Waals surface area contributed by atoms with E-state index in [4.69, 9.17) is 5.73 Å². The first-order valence-corrected chi connectivity index (χ1v) is 6.18. The summed E-state index contributed by atoms with van der Waals surface area (Å²) < 4.78 is 0. The van der Waals surface area contributed by atoms with Crippen LogP contribution in [0.25, 0.3) is 0 Å². The summed E-state index contributed by atoms with van der Waals surface area (Å²) in [5, 5.41) is 25.9. The van der Waals surface area contributed by atoms with Gasteiger partial charge in [-0.3, -0.25) is 14.9 Å². The number of aliphatic hydroxyl groups is 1. The molecule has 1 aromatic rings. The molecule has 0 saturated carbocycles. The molecule has 0 aliphatic carbocycles. The lowest BCUT2D eigenvalue weighted by molar-refractivity contribution is -0.384. The Morgan fingerprint density at radius 1 is 1.40 bits per heavy atom. The van der Waals surface area contributed by atoms with Crippen molar-refractivity contribution in [3.63, 3.8) is 0 Å². The third kappa shape index (κ3) is 4.73. The van der Waals surface area contributed by atoms with Crippen molar-refractivity contribution < 1.29 is 14.8 Å². The van der Waals surface area contributed by atoms with E-state index in [1.807, 2.05) is 6.92 Å². The zero-order valence-corrected chi connectivity index (χ0v) is 11.1. The number of hydrogen-bond donors (Lipinski definition) is 4. The number of benzene rings is 1. The maximum absolute atomic E-state index is 10.9. The fraction of sp³-hybridized carbons (Fsp3) is 0.417. The van der Waals surface area contributed by atoms with Gasteiger partial charge in [0.15, 0.2) is 0 Å². The number of amides is 1. The number of anilines is 2. The second-order valence-corrected chi connectivity index (χ2v) is 4.25. The Hall–Kier alpha value is -2.35. The van der Waals surface area contributed by atoms with Gasteiger partial charge in [0.25, 0.3) is 5.69 Å². The van der Waals surface area contributed by atoms with E-state index in [9.17, 15) is 20.0 Å². The highest BCUT2D eigenvalue weighted by Gasteiger charge is 2.13. The van der Waals surface area contributed by atoms with Crippen LogP contribution in [0.4, 0.5) is 17.1 Å². The number of hydrogen-bond acceptors (Lipinski definition) is 6. The Labute approximate surface area is 116 Å². The maximum atomic E-state index is 10.9. The van der Waals surface area contributed by atoms with E-state index in [-0.39, 0.29) is 12.2 Å². The van der Waals surface area contributed by atoms with Gasteiger partial charge in [-0.15, -0.1) is 0 Å². The minimum absolute atomic E-state index is 0.0813. The molecule has 0 aliphatic rings. The predicted molar refractivity (Wildman–Crippen MR) is 75.6 cm³/mol. The Morgan fingerprint density at radius 2 is 2.00 bits per heavy atom. The number of primary amides is 1. The number of nitrogens with two attached hydrogens (primary N) is 1. The van der Waals surface area contributed by atoms with Crippen molar-refractivity contribution in [2.45, 2.75) is 19.4 Å². The third-order valence-corrected chi connectivity index (χ3v) is 2.54. The van der Waals surface area contributed by atoms with Gasteiger partial charge >= 0.3 is 0 Å². The molecular formula is C12H18N4O4. The van der Waals surface area contributed by atoms with E-state index in [2.05, 4.69) is 10.6 Å². The topological polar surface area (TPSA) is 131 Å². The molecule has 0 fully saturated rings. The zero-order valence-electron chi connectivity index (χ0n) is 11.1. The summed E-state index contributed by atoms with van der Waals surface area (Å²) in [6, 6.07) is 4.41. The second-order valence-electron chi connectivity index (χ2n) is 4.25. The molecule has 110 valence electrons. The number of nitrogens with zero attached hydrogens (tertiary/aromatic N) is 1. The van der Waals surface area contributed by atoms with Gasteiger partial charge in [0.05, 0.1) is 4.92 Å². The van der Waals surface area contributed by atoms with Crippen molar-refractivity contribution in [1.82, 2.24) is 0 Å². The fourth-order valence-electron chi connectivity index (χ4n) is 1.51. The van der Waals surface area contributed by atoms with Crippen LogP contribution in [0.2, 0.25) is 0 Å². The van der Waals surface area contributed by atoms with Crippen LogP contribution in [-0.2, 0) is 4.79 Å². The number of carbonyl (C=O) groups is 1. The van der Waals surface area contributed by atoms with Gasteiger partial charge < -0.3 is 21.5 Å². The SMILES string of the molecule is CCCNc1cc(NCC(O)C(N)=O)cc([N+](=O)[O-])c1. The van der Waals surface area contributed by atoms with Crippen molar-refractivity contribution in [2.75, 3.05) is 23.7 Å². The van der Waals surface area contributed by atoms with Crippen molar-refractivity contribution in [3.05, 3.63) is 28.3 Å². The maximum Gasteiger partial charge on any atom is 0.273 e. The number of rotatable bonds is 8. The molecule has 1 amide bonds. The van der Waals surface area contributed by atoms with Gasteiger partial charge in [-0.25, -0.2) is 0 Å². The molecule has 0 saturated heterocycles. The van der Waals surface area contributed by atoms with E-state index in [0.29, 0.717) is 17.9 Å². The molecular weight excluding hydrogens is 264 g/mol. The Balaban J connectivity index is 2.85. The quantitative estimate of drug-likeness (QED) is 0.409. The van der Waals surface area contributed by atoms with Crippen LogP contribution in [0, 0.1) is 10.1 Å². The van der Waals surface area contributed by atoms with Crippen LogP contribution in [0.15, 0.2) is 18.2 Å². The number of nitro groups is 1. The molecule has 0 heterocycles. The summed E-state index contributed by atoms with van der Waals surface area (Å²) in [6.07, 6.45) is -0.465. The van der Waals surface area contributed by atoms with Crippen LogP contribution < -0.4 is 16.4 Å². The standard InChI is InChI=1S/C12H18N4O4/c1-2-3-14-8-4-9(6-10(5-8)16(19)20)15-7-11(17)12(13)18/h4-6,11,14-15,17H,2-3,7H2,1H3,(H2,13,18). The largest absolute Gasteiger partial charge is 0.385 e. The average Bonchev–Trinajstić information content (AvgIpc) is 2.42. The average molecular weight is 282 g/mol. The van der Waals surface area contributed by atoms with Gasteiger partial charge in [0.1, 0.15) is 6.10 Å². The van der Waals surface area contributed by atoms with E-state index < -0.39 is 16.9 Å². The lowest BCUT2D eigenvalue weighted by Gasteiger charge is -2.12. The molecule has 5 N–H and O–H groups in total. The highest BCUT2D eigenvalue weighted by molar-refractivity contribution is 5.79. The Kier molecular flexibility index (Phi) is 5.73. The third-order valence-electron chi connectivity index (χ3n) is 2.54.